The van der Waals surface area contributed by atoms with Crippen molar-refractivity contribution in [2.75, 3.05) is 6.54 Å². The van der Waals surface area contributed by atoms with E-state index in [1.165, 1.54) is 0 Å². The molecule has 0 fully saturated rings. The molecule has 1 heterocycles. The van der Waals surface area contributed by atoms with Gasteiger partial charge >= 0.3 is 0 Å². The average Bonchev–Trinajstić information content (AvgIpc) is 2.81. The predicted molar refractivity (Wildman–Crippen MR) is 78.8 cm³/mol. The van der Waals surface area contributed by atoms with Crippen LogP contribution in [0.3, 0.4) is 0 Å². The largest absolute Gasteiger partial charge is 0.420 e. The summed E-state index contributed by atoms with van der Waals surface area (Å²) in [7, 11) is 0. The number of halogens is 3. The zero-order chi connectivity index (χ0) is 15.4. The second-order valence-corrected chi connectivity index (χ2v) is 5.87. The highest BCUT2D eigenvalue weighted by Gasteiger charge is 2.18. The molecule has 0 saturated heterocycles. The second kappa shape index (κ2) is 7.09. The van der Waals surface area contributed by atoms with Crippen molar-refractivity contribution in [3.05, 3.63) is 34.1 Å². The summed E-state index contributed by atoms with van der Waals surface area (Å²) < 4.78 is 33.2. The van der Waals surface area contributed by atoms with Crippen molar-refractivity contribution in [1.82, 2.24) is 15.5 Å². The van der Waals surface area contributed by atoms with Crippen LogP contribution < -0.4 is 5.32 Å². The first-order valence-corrected chi connectivity index (χ1v) is 7.47. The smallest absolute Gasteiger partial charge is 0.253 e. The third-order valence-electron chi connectivity index (χ3n) is 2.81. The number of benzene rings is 1. The molecule has 1 aromatic heterocycles. The zero-order valence-corrected chi connectivity index (χ0v) is 13.4. The highest BCUT2D eigenvalue weighted by Crippen LogP contribution is 2.28. The molecule has 1 aromatic carbocycles. The van der Waals surface area contributed by atoms with Crippen LogP contribution in [-0.4, -0.2) is 22.8 Å². The molecule has 4 nitrogen and oxygen atoms in total. The minimum absolute atomic E-state index is 0.135. The van der Waals surface area contributed by atoms with E-state index in [1.54, 1.807) is 0 Å². The monoisotopic (exact) mass is 359 g/mol. The Labute approximate surface area is 130 Å². The summed E-state index contributed by atoms with van der Waals surface area (Å²) >= 11 is 3.02. The first kappa shape index (κ1) is 16.0. The minimum Gasteiger partial charge on any atom is -0.420 e. The van der Waals surface area contributed by atoms with Crippen LogP contribution in [0.25, 0.3) is 11.5 Å². The lowest BCUT2D eigenvalue weighted by Crippen LogP contribution is -2.23. The Morgan fingerprint density at radius 2 is 1.90 bits per heavy atom. The van der Waals surface area contributed by atoms with E-state index >= 15 is 0 Å². The third kappa shape index (κ3) is 4.31. The van der Waals surface area contributed by atoms with Crippen LogP contribution in [0.2, 0.25) is 0 Å². The minimum atomic E-state index is -0.737. The standard InChI is InChI=1S/C14H16BrF2N3O/c1-8(2)18-5-3-4-12-19-20-14(21-12)13-10(16)6-9(15)7-11(13)17/h6-8,18H,3-5H2,1-2H3. The molecule has 0 saturated carbocycles. The van der Waals surface area contributed by atoms with Crippen LogP contribution in [0.15, 0.2) is 21.0 Å². The molecular formula is C14H16BrF2N3O. The van der Waals surface area contributed by atoms with Gasteiger partial charge in [-0.1, -0.05) is 29.8 Å². The lowest BCUT2D eigenvalue weighted by Gasteiger charge is -2.05. The molecule has 0 aliphatic rings. The molecular weight excluding hydrogens is 344 g/mol. The van der Waals surface area contributed by atoms with E-state index in [0.29, 0.717) is 22.8 Å². The normalized spacial score (nSPS) is 11.3. The Balaban J connectivity index is 2.06. The molecule has 0 aliphatic carbocycles. The van der Waals surface area contributed by atoms with Gasteiger partial charge in [-0.3, -0.25) is 0 Å². The molecule has 0 radical (unpaired) electrons. The van der Waals surface area contributed by atoms with Crippen molar-refractivity contribution in [3.8, 4) is 11.5 Å². The summed E-state index contributed by atoms with van der Waals surface area (Å²) in [6.45, 7) is 4.93. The number of rotatable bonds is 6. The number of hydrogen-bond acceptors (Lipinski definition) is 4. The van der Waals surface area contributed by atoms with Gasteiger partial charge in [-0.25, -0.2) is 8.78 Å². The van der Waals surface area contributed by atoms with E-state index in [9.17, 15) is 8.78 Å². The quantitative estimate of drug-likeness (QED) is 0.798. The van der Waals surface area contributed by atoms with Crippen molar-refractivity contribution in [3.63, 3.8) is 0 Å². The summed E-state index contributed by atoms with van der Waals surface area (Å²) in [4.78, 5) is 0. The average molecular weight is 360 g/mol. The Morgan fingerprint density at radius 3 is 2.52 bits per heavy atom. The maximum atomic E-state index is 13.8. The number of nitrogens with one attached hydrogen (secondary N) is 1. The molecule has 21 heavy (non-hydrogen) atoms. The Hall–Kier alpha value is -1.34. The highest BCUT2D eigenvalue weighted by atomic mass is 79.9. The maximum Gasteiger partial charge on any atom is 0.253 e. The molecule has 2 aromatic rings. The van der Waals surface area contributed by atoms with Gasteiger partial charge in [0.15, 0.2) is 0 Å². The van der Waals surface area contributed by atoms with Gasteiger partial charge in [-0.15, -0.1) is 10.2 Å². The van der Waals surface area contributed by atoms with E-state index in [4.69, 9.17) is 4.42 Å². The summed E-state index contributed by atoms with van der Waals surface area (Å²) in [6.07, 6.45) is 1.37. The summed E-state index contributed by atoms with van der Waals surface area (Å²) in [5.41, 5.74) is -0.294. The van der Waals surface area contributed by atoms with E-state index < -0.39 is 11.6 Å². The number of nitrogens with zero attached hydrogens (tertiary/aromatic N) is 2. The Bertz CT molecular complexity index is 593. The Morgan fingerprint density at radius 1 is 1.24 bits per heavy atom. The van der Waals surface area contributed by atoms with Crippen molar-refractivity contribution < 1.29 is 13.2 Å². The topological polar surface area (TPSA) is 51.0 Å². The van der Waals surface area contributed by atoms with Gasteiger partial charge in [0.1, 0.15) is 17.2 Å². The lowest BCUT2D eigenvalue weighted by molar-refractivity contribution is 0.477. The molecule has 114 valence electrons. The number of aromatic nitrogens is 2. The molecule has 0 amide bonds. The van der Waals surface area contributed by atoms with Gasteiger partial charge in [-0.2, -0.15) is 0 Å². The lowest BCUT2D eigenvalue weighted by atomic mass is 10.2. The van der Waals surface area contributed by atoms with Crippen molar-refractivity contribution in [1.29, 1.82) is 0 Å². The fourth-order valence-corrected chi connectivity index (χ4v) is 2.23. The van der Waals surface area contributed by atoms with Crippen LogP contribution in [0.4, 0.5) is 8.78 Å². The van der Waals surface area contributed by atoms with Crippen LogP contribution in [-0.2, 0) is 6.42 Å². The van der Waals surface area contributed by atoms with Crippen LogP contribution >= 0.6 is 15.9 Å². The molecule has 1 N–H and O–H groups in total. The van der Waals surface area contributed by atoms with Crippen molar-refractivity contribution in [2.24, 2.45) is 0 Å². The van der Waals surface area contributed by atoms with Crippen LogP contribution in [0.1, 0.15) is 26.2 Å². The zero-order valence-electron chi connectivity index (χ0n) is 11.8. The van der Waals surface area contributed by atoms with Crippen molar-refractivity contribution in [2.45, 2.75) is 32.7 Å². The molecule has 0 aliphatic heterocycles. The van der Waals surface area contributed by atoms with Gasteiger partial charge in [0.2, 0.25) is 5.89 Å². The fourth-order valence-electron chi connectivity index (χ4n) is 1.83. The molecule has 0 unspecified atom stereocenters. The van der Waals surface area contributed by atoms with Crippen molar-refractivity contribution >= 4 is 15.9 Å². The predicted octanol–water partition coefficient (Wildman–Crippen LogP) is 3.71. The third-order valence-corrected chi connectivity index (χ3v) is 3.27. The summed E-state index contributed by atoms with van der Waals surface area (Å²) in [5.74, 6) is -1.24. The summed E-state index contributed by atoms with van der Waals surface area (Å²) in [6, 6.07) is 2.73. The number of hydrogen-bond donors (Lipinski definition) is 1. The van der Waals surface area contributed by atoms with E-state index in [-0.39, 0.29) is 11.5 Å². The fraction of sp³-hybridized carbons (Fsp3) is 0.429. The Kier molecular flexibility index (Phi) is 5.41. The number of aryl methyl sites for hydroxylation is 1. The maximum absolute atomic E-state index is 13.8. The van der Waals surface area contributed by atoms with Crippen LogP contribution in [0, 0.1) is 11.6 Å². The second-order valence-electron chi connectivity index (χ2n) is 4.96. The highest BCUT2D eigenvalue weighted by molar-refractivity contribution is 9.10. The van der Waals surface area contributed by atoms with E-state index in [1.807, 2.05) is 0 Å². The first-order chi connectivity index (χ1) is 9.97. The van der Waals surface area contributed by atoms with Gasteiger partial charge < -0.3 is 9.73 Å². The van der Waals surface area contributed by atoms with Crippen LogP contribution in [0.5, 0.6) is 0 Å². The SMILES string of the molecule is CC(C)NCCCc1nnc(-c2c(F)cc(Br)cc2F)o1. The van der Waals surface area contributed by atoms with Gasteiger partial charge in [0.05, 0.1) is 0 Å². The van der Waals surface area contributed by atoms with E-state index in [2.05, 4.69) is 45.3 Å². The molecule has 2 rings (SSSR count). The van der Waals surface area contributed by atoms with Gasteiger partial charge in [0, 0.05) is 16.9 Å². The van der Waals surface area contributed by atoms with Gasteiger partial charge in [-0.05, 0) is 25.1 Å². The molecule has 0 spiro atoms. The van der Waals surface area contributed by atoms with Gasteiger partial charge in [0.25, 0.3) is 5.89 Å². The first-order valence-electron chi connectivity index (χ1n) is 6.68. The molecule has 0 bridgehead atoms. The van der Waals surface area contributed by atoms with E-state index in [0.717, 1.165) is 25.1 Å². The molecule has 0 atom stereocenters. The molecule has 7 heteroatoms. The summed E-state index contributed by atoms with van der Waals surface area (Å²) in [5, 5.41) is 10.8.